The largest absolute Gasteiger partial charge is 0.381 e. The van der Waals surface area contributed by atoms with Crippen molar-refractivity contribution in [2.75, 3.05) is 52.2 Å². The van der Waals surface area contributed by atoms with E-state index in [1.54, 1.807) is 0 Å². The van der Waals surface area contributed by atoms with Gasteiger partial charge in [-0.25, -0.2) is 13.1 Å². The minimum absolute atomic E-state index is 0.00127. The molecule has 6 nitrogen and oxygen atoms in total. The van der Waals surface area contributed by atoms with E-state index in [2.05, 4.69) is 44.9 Å². The van der Waals surface area contributed by atoms with Gasteiger partial charge in [-0.1, -0.05) is 30.3 Å². The second-order valence-corrected chi connectivity index (χ2v) is 11.1. The van der Waals surface area contributed by atoms with Gasteiger partial charge in [-0.15, -0.1) is 0 Å². The lowest BCUT2D eigenvalue weighted by Crippen LogP contribution is -2.59. The molecule has 0 saturated carbocycles. The summed E-state index contributed by atoms with van der Waals surface area (Å²) in [5, 5.41) is 0. The number of nitrogens with one attached hydrogen (secondary N) is 1. The third-order valence-electron chi connectivity index (χ3n) is 6.94. The van der Waals surface area contributed by atoms with E-state index in [1.165, 1.54) is 11.8 Å². The highest BCUT2D eigenvalue weighted by atomic mass is 32.2. The van der Waals surface area contributed by atoms with Gasteiger partial charge in [-0.2, -0.15) is 0 Å². The van der Waals surface area contributed by atoms with Gasteiger partial charge < -0.3 is 9.64 Å². The zero-order valence-corrected chi connectivity index (χ0v) is 18.4. The van der Waals surface area contributed by atoms with Crippen LogP contribution in [0.1, 0.15) is 31.2 Å². The Labute approximate surface area is 175 Å². The standard InChI is InChI=1S/C22H35N3O3S/c1-29(26,27)23-21-7-11-24(16-20-8-13-28-14-9-20)17-22(21)10-12-25(18-22)15-19-5-3-2-4-6-19/h2-6,20-21,23H,7-18H2,1H3. The van der Waals surface area contributed by atoms with Crippen LogP contribution in [0.25, 0.3) is 0 Å². The SMILES string of the molecule is CS(=O)(=O)NC1CCN(CC2CCOCC2)CC12CCN(Cc1ccccc1)C2. The number of rotatable bonds is 6. The number of piperidine rings is 1. The average Bonchev–Trinajstić information content (AvgIpc) is 3.08. The fraction of sp³-hybridized carbons (Fsp3) is 0.727. The highest BCUT2D eigenvalue weighted by molar-refractivity contribution is 7.88. The lowest BCUT2D eigenvalue weighted by atomic mass is 9.75. The molecule has 0 amide bonds. The molecule has 29 heavy (non-hydrogen) atoms. The number of ether oxygens (including phenoxy) is 1. The van der Waals surface area contributed by atoms with E-state index in [1.807, 2.05) is 0 Å². The van der Waals surface area contributed by atoms with Crippen LogP contribution in [0.5, 0.6) is 0 Å². The first kappa shape index (κ1) is 21.2. The van der Waals surface area contributed by atoms with Gasteiger partial charge in [0.1, 0.15) is 0 Å². The minimum atomic E-state index is -3.21. The van der Waals surface area contributed by atoms with Crippen LogP contribution in [0.3, 0.4) is 0 Å². The zero-order chi connectivity index (χ0) is 20.3. The van der Waals surface area contributed by atoms with Gasteiger partial charge in [0.15, 0.2) is 0 Å². The summed E-state index contributed by atoms with van der Waals surface area (Å²) < 4.78 is 32.6. The number of hydrogen-bond donors (Lipinski definition) is 1. The molecule has 1 aromatic rings. The molecule has 3 heterocycles. The van der Waals surface area contributed by atoms with Crippen LogP contribution in [-0.2, 0) is 21.3 Å². The normalized spacial score (nSPS) is 30.2. The Hall–Kier alpha value is -0.990. The quantitative estimate of drug-likeness (QED) is 0.761. The van der Waals surface area contributed by atoms with Gasteiger partial charge in [-0.05, 0) is 50.3 Å². The predicted octanol–water partition coefficient (Wildman–Crippen LogP) is 1.93. The van der Waals surface area contributed by atoms with Crippen LogP contribution >= 0.6 is 0 Å². The molecule has 2 unspecified atom stereocenters. The van der Waals surface area contributed by atoms with Gasteiger partial charge in [0.05, 0.1) is 6.26 Å². The molecule has 0 bridgehead atoms. The smallest absolute Gasteiger partial charge is 0.208 e. The highest BCUT2D eigenvalue weighted by Crippen LogP contribution is 2.40. The molecular formula is C22H35N3O3S. The Bertz CT molecular complexity index is 767. The first-order valence-corrected chi connectivity index (χ1v) is 12.8. The van der Waals surface area contributed by atoms with Crippen molar-refractivity contribution in [1.29, 1.82) is 0 Å². The van der Waals surface area contributed by atoms with Crippen molar-refractivity contribution in [3.8, 4) is 0 Å². The summed E-state index contributed by atoms with van der Waals surface area (Å²) in [5.74, 6) is 0.710. The summed E-state index contributed by atoms with van der Waals surface area (Å²) in [7, 11) is -3.21. The molecule has 2 atom stereocenters. The number of sulfonamides is 1. The van der Waals surface area contributed by atoms with E-state index in [-0.39, 0.29) is 11.5 Å². The number of nitrogens with zero attached hydrogens (tertiary/aromatic N) is 2. The van der Waals surface area contributed by atoms with E-state index in [0.717, 1.165) is 78.2 Å². The molecule has 3 aliphatic heterocycles. The Morgan fingerprint density at radius 3 is 2.52 bits per heavy atom. The Balaban J connectivity index is 1.45. The molecule has 4 rings (SSSR count). The molecule has 3 fully saturated rings. The van der Waals surface area contributed by atoms with Gasteiger partial charge in [-0.3, -0.25) is 4.90 Å². The molecule has 3 aliphatic rings. The molecule has 162 valence electrons. The second-order valence-electron chi connectivity index (χ2n) is 9.33. The van der Waals surface area contributed by atoms with Crippen molar-refractivity contribution in [3.05, 3.63) is 35.9 Å². The summed E-state index contributed by atoms with van der Waals surface area (Å²) >= 11 is 0. The Kier molecular flexibility index (Phi) is 6.61. The summed E-state index contributed by atoms with van der Waals surface area (Å²) in [5.41, 5.74) is 1.33. The third-order valence-corrected chi connectivity index (χ3v) is 7.65. The molecule has 0 aliphatic carbocycles. The van der Waals surface area contributed by atoms with Crippen LogP contribution in [-0.4, -0.2) is 76.5 Å². The van der Waals surface area contributed by atoms with Crippen LogP contribution in [0.15, 0.2) is 30.3 Å². The maximum absolute atomic E-state index is 12.1. The summed E-state index contributed by atoms with van der Waals surface area (Å²) in [6.07, 6.45) is 5.54. The second kappa shape index (κ2) is 9.02. The number of likely N-dealkylation sites (tertiary alicyclic amines) is 2. The molecule has 1 aromatic carbocycles. The molecular weight excluding hydrogens is 386 g/mol. The summed E-state index contributed by atoms with van der Waals surface area (Å²) in [6.45, 7) is 7.78. The van der Waals surface area contributed by atoms with Crippen molar-refractivity contribution >= 4 is 10.0 Å². The van der Waals surface area contributed by atoms with Crippen molar-refractivity contribution < 1.29 is 13.2 Å². The van der Waals surface area contributed by atoms with E-state index in [9.17, 15) is 8.42 Å². The van der Waals surface area contributed by atoms with Crippen molar-refractivity contribution in [2.24, 2.45) is 11.3 Å². The summed E-state index contributed by atoms with van der Waals surface area (Å²) in [4.78, 5) is 5.10. The van der Waals surface area contributed by atoms with Crippen LogP contribution < -0.4 is 4.72 Å². The van der Waals surface area contributed by atoms with Gasteiger partial charge in [0.2, 0.25) is 10.0 Å². The zero-order valence-electron chi connectivity index (χ0n) is 17.6. The van der Waals surface area contributed by atoms with E-state index in [4.69, 9.17) is 4.74 Å². The Morgan fingerprint density at radius 2 is 1.79 bits per heavy atom. The van der Waals surface area contributed by atoms with Gasteiger partial charge in [0, 0.05) is 50.8 Å². The first-order chi connectivity index (χ1) is 13.9. The van der Waals surface area contributed by atoms with E-state index >= 15 is 0 Å². The monoisotopic (exact) mass is 421 g/mol. The predicted molar refractivity (Wildman–Crippen MR) is 115 cm³/mol. The maximum atomic E-state index is 12.1. The van der Waals surface area contributed by atoms with Crippen molar-refractivity contribution in [3.63, 3.8) is 0 Å². The third kappa shape index (κ3) is 5.58. The van der Waals surface area contributed by atoms with Crippen LogP contribution in [0.2, 0.25) is 0 Å². The van der Waals surface area contributed by atoms with Gasteiger partial charge in [0.25, 0.3) is 0 Å². The van der Waals surface area contributed by atoms with E-state index < -0.39 is 10.0 Å². The lowest BCUT2D eigenvalue weighted by Gasteiger charge is -2.47. The highest BCUT2D eigenvalue weighted by Gasteiger charge is 2.48. The molecule has 1 spiro atoms. The number of hydrogen-bond acceptors (Lipinski definition) is 5. The van der Waals surface area contributed by atoms with E-state index in [0.29, 0.717) is 5.92 Å². The fourth-order valence-electron chi connectivity index (χ4n) is 5.52. The Morgan fingerprint density at radius 1 is 1.07 bits per heavy atom. The fourth-order valence-corrected chi connectivity index (χ4v) is 6.40. The van der Waals surface area contributed by atoms with Crippen molar-refractivity contribution in [2.45, 2.75) is 38.3 Å². The van der Waals surface area contributed by atoms with Crippen molar-refractivity contribution in [1.82, 2.24) is 14.5 Å². The minimum Gasteiger partial charge on any atom is -0.381 e. The average molecular weight is 422 g/mol. The lowest BCUT2D eigenvalue weighted by molar-refractivity contribution is 0.0215. The maximum Gasteiger partial charge on any atom is 0.208 e. The molecule has 7 heteroatoms. The van der Waals surface area contributed by atoms with Crippen LogP contribution in [0.4, 0.5) is 0 Å². The number of benzene rings is 1. The molecule has 3 saturated heterocycles. The van der Waals surface area contributed by atoms with Crippen LogP contribution in [0, 0.1) is 11.3 Å². The van der Waals surface area contributed by atoms with Gasteiger partial charge >= 0.3 is 0 Å². The summed E-state index contributed by atoms with van der Waals surface area (Å²) in [6, 6.07) is 10.6. The molecule has 0 radical (unpaired) electrons. The topological polar surface area (TPSA) is 61.9 Å². The molecule has 1 N–H and O–H groups in total. The first-order valence-electron chi connectivity index (χ1n) is 11.0. The molecule has 0 aromatic heterocycles.